The molecule has 1 atom stereocenters. The van der Waals surface area contributed by atoms with Gasteiger partial charge in [0, 0.05) is 6.04 Å². The zero-order valence-corrected chi connectivity index (χ0v) is 18.3. The van der Waals surface area contributed by atoms with Crippen LogP contribution < -0.4 is 14.8 Å². The Hall–Kier alpha value is -1.71. The van der Waals surface area contributed by atoms with Gasteiger partial charge in [-0.05, 0) is 68.1 Å². The highest BCUT2D eigenvalue weighted by atomic mass is 35.5. The van der Waals surface area contributed by atoms with Crippen LogP contribution in [-0.4, -0.2) is 32.5 Å². The number of ether oxygens (including phenoxy) is 1. The van der Waals surface area contributed by atoms with E-state index in [0.717, 1.165) is 47.5 Å². The average Bonchev–Trinajstić information content (AvgIpc) is 3.11. The Balaban J connectivity index is 0.00000240. The first kappa shape index (κ1) is 22.0. The largest absolute Gasteiger partial charge is 0.431 e. The van der Waals surface area contributed by atoms with Gasteiger partial charge in [-0.3, -0.25) is 0 Å². The molecule has 4 rings (SSSR count). The molecule has 9 heteroatoms. The zero-order valence-electron chi connectivity index (χ0n) is 15.7. The summed E-state index contributed by atoms with van der Waals surface area (Å²) in [7, 11) is -2.61. The standard InChI is InChI=1S/C20H23N3O3S2.ClH/c24-28(25)23-18(15-9-11-21-12-10-15)13-14-5-7-16(8-6-14)26-20-22-17-3-1-2-4-19(17)27-20;/h1-8,15,18,21,28H,9-13H2,(H,23,24,25);1H. The van der Waals surface area contributed by atoms with Crippen LogP contribution in [0.15, 0.2) is 48.5 Å². The highest BCUT2D eigenvalue weighted by Gasteiger charge is 2.24. The second-order valence-corrected chi connectivity index (χ2v) is 8.74. The molecule has 2 N–H and O–H groups in total. The fraction of sp³-hybridized carbons (Fsp3) is 0.350. The molecule has 1 fully saturated rings. The third-order valence-corrected chi connectivity index (χ3v) is 6.54. The lowest BCUT2D eigenvalue weighted by Gasteiger charge is -2.30. The molecule has 29 heavy (non-hydrogen) atoms. The predicted octanol–water partition coefficient (Wildman–Crippen LogP) is 3.54. The first-order valence-corrected chi connectivity index (χ1v) is 11.4. The molecule has 1 aliphatic rings. The average molecular weight is 454 g/mol. The molecule has 156 valence electrons. The molecule has 0 spiro atoms. The number of halogens is 1. The van der Waals surface area contributed by atoms with E-state index in [1.807, 2.05) is 48.5 Å². The smallest absolute Gasteiger partial charge is 0.279 e. The Bertz CT molecular complexity index is 961. The van der Waals surface area contributed by atoms with Crippen molar-refractivity contribution in [2.24, 2.45) is 5.92 Å². The molecule has 0 amide bonds. The van der Waals surface area contributed by atoms with Crippen LogP contribution in [0.25, 0.3) is 10.2 Å². The van der Waals surface area contributed by atoms with Gasteiger partial charge in [-0.1, -0.05) is 35.6 Å². The van der Waals surface area contributed by atoms with Crippen molar-refractivity contribution in [3.05, 3.63) is 54.1 Å². The summed E-state index contributed by atoms with van der Waals surface area (Å²) in [5.41, 5.74) is 2.02. The highest BCUT2D eigenvalue weighted by molar-refractivity contribution is 7.70. The van der Waals surface area contributed by atoms with Crippen LogP contribution in [-0.2, 0) is 17.3 Å². The molecule has 1 saturated heterocycles. The molecular formula is C20H24ClN3O3S2. The van der Waals surface area contributed by atoms with Crippen LogP contribution in [0, 0.1) is 5.92 Å². The van der Waals surface area contributed by atoms with Crippen molar-refractivity contribution in [1.29, 1.82) is 0 Å². The lowest BCUT2D eigenvalue weighted by atomic mass is 9.87. The Kier molecular flexibility index (Phi) is 7.85. The summed E-state index contributed by atoms with van der Waals surface area (Å²) < 4.78 is 32.3. The minimum atomic E-state index is -2.61. The summed E-state index contributed by atoms with van der Waals surface area (Å²) >= 11 is 1.52. The Labute approximate surface area is 182 Å². The lowest BCUT2D eigenvalue weighted by molar-refractivity contribution is 0.302. The van der Waals surface area contributed by atoms with Gasteiger partial charge in [-0.2, -0.15) is 0 Å². The van der Waals surface area contributed by atoms with E-state index in [9.17, 15) is 8.42 Å². The fourth-order valence-electron chi connectivity index (χ4n) is 3.64. The van der Waals surface area contributed by atoms with Gasteiger partial charge in [0.2, 0.25) is 10.9 Å². The van der Waals surface area contributed by atoms with Crippen LogP contribution in [0.1, 0.15) is 18.4 Å². The normalized spacial score (nSPS) is 15.9. The molecule has 0 saturated carbocycles. The molecule has 0 bridgehead atoms. The number of thiol groups is 1. The molecule has 1 aromatic heterocycles. The third kappa shape index (κ3) is 5.90. The number of piperidine rings is 1. The Morgan fingerprint density at radius 1 is 1.14 bits per heavy atom. The second kappa shape index (κ2) is 10.4. The Morgan fingerprint density at radius 2 is 1.86 bits per heavy atom. The van der Waals surface area contributed by atoms with E-state index in [1.165, 1.54) is 11.3 Å². The number of nitrogens with one attached hydrogen (secondary N) is 2. The van der Waals surface area contributed by atoms with Gasteiger partial charge < -0.3 is 10.1 Å². The Morgan fingerprint density at radius 3 is 2.55 bits per heavy atom. The summed E-state index contributed by atoms with van der Waals surface area (Å²) in [6.45, 7) is 1.88. The molecule has 0 aliphatic carbocycles. The second-order valence-electron chi connectivity index (χ2n) is 6.98. The molecule has 2 heterocycles. The number of fused-ring (bicyclic) bond motifs is 1. The molecule has 1 unspecified atom stereocenters. The number of rotatable bonds is 7. The minimum Gasteiger partial charge on any atom is -0.431 e. The summed E-state index contributed by atoms with van der Waals surface area (Å²) in [5, 5.41) is 3.94. The first-order valence-electron chi connectivity index (χ1n) is 9.41. The maximum Gasteiger partial charge on any atom is 0.279 e. The van der Waals surface area contributed by atoms with E-state index >= 15 is 0 Å². The summed E-state index contributed by atoms with van der Waals surface area (Å²) in [6.07, 6.45) is 2.65. The first-order chi connectivity index (χ1) is 13.7. The topological polar surface area (TPSA) is 80.3 Å². The van der Waals surface area contributed by atoms with E-state index < -0.39 is 10.9 Å². The number of nitrogens with zero attached hydrogens (tertiary/aromatic N) is 1. The van der Waals surface area contributed by atoms with Gasteiger partial charge in [0.25, 0.3) is 5.19 Å². The van der Waals surface area contributed by atoms with Gasteiger partial charge >= 0.3 is 0 Å². The van der Waals surface area contributed by atoms with Crippen molar-refractivity contribution < 1.29 is 13.2 Å². The third-order valence-electron chi connectivity index (χ3n) is 5.08. The van der Waals surface area contributed by atoms with Crippen molar-refractivity contribution in [2.75, 3.05) is 13.1 Å². The molecule has 6 nitrogen and oxygen atoms in total. The maximum atomic E-state index is 11.3. The minimum absolute atomic E-state index is 0. The number of hydrogen-bond acceptors (Lipinski definition) is 6. The SMILES string of the molecule is Cl.O=[SH](=O)NC(Cc1ccc(Oc2nc3ccccc3s2)cc1)C1CCNCC1. The van der Waals surface area contributed by atoms with Crippen molar-refractivity contribution >= 4 is 44.9 Å². The van der Waals surface area contributed by atoms with Crippen LogP contribution in [0.4, 0.5) is 0 Å². The van der Waals surface area contributed by atoms with Crippen molar-refractivity contribution in [3.63, 3.8) is 0 Å². The van der Waals surface area contributed by atoms with E-state index in [1.54, 1.807) is 0 Å². The summed E-state index contributed by atoms with van der Waals surface area (Å²) in [4.78, 5) is 4.49. The number of hydrogen-bond donors (Lipinski definition) is 3. The van der Waals surface area contributed by atoms with Gasteiger partial charge in [-0.15, -0.1) is 12.4 Å². The molecule has 1 aliphatic heterocycles. The van der Waals surface area contributed by atoms with Gasteiger partial charge in [0.05, 0.1) is 10.2 Å². The van der Waals surface area contributed by atoms with Crippen LogP contribution in [0.5, 0.6) is 10.9 Å². The van der Waals surface area contributed by atoms with E-state index in [0.29, 0.717) is 17.5 Å². The van der Waals surface area contributed by atoms with Crippen LogP contribution >= 0.6 is 23.7 Å². The number of aromatic nitrogens is 1. The fourth-order valence-corrected chi connectivity index (χ4v) is 5.05. The van der Waals surface area contributed by atoms with Crippen LogP contribution in [0.2, 0.25) is 0 Å². The van der Waals surface area contributed by atoms with E-state index in [4.69, 9.17) is 4.74 Å². The van der Waals surface area contributed by atoms with Crippen molar-refractivity contribution in [3.8, 4) is 10.9 Å². The number of thiazole rings is 1. The molecule has 0 radical (unpaired) electrons. The van der Waals surface area contributed by atoms with Crippen molar-refractivity contribution in [1.82, 2.24) is 15.0 Å². The van der Waals surface area contributed by atoms with Gasteiger partial charge in [0.1, 0.15) is 5.75 Å². The number of benzene rings is 2. The van der Waals surface area contributed by atoms with Gasteiger partial charge in [-0.25, -0.2) is 18.1 Å². The summed E-state index contributed by atoms with van der Waals surface area (Å²) in [5.74, 6) is 1.08. The quantitative estimate of drug-likeness (QED) is 0.477. The maximum absolute atomic E-state index is 11.3. The number of para-hydroxylation sites is 1. The zero-order chi connectivity index (χ0) is 19.3. The van der Waals surface area contributed by atoms with E-state index in [-0.39, 0.29) is 18.4 Å². The van der Waals surface area contributed by atoms with Gasteiger partial charge in [0.15, 0.2) is 0 Å². The summed E-state index contributed by atoms with van der Waals surface area (Å²) in [6, 6.07) is 15.7. The van der Waals surface area contributed by atoms with Crippen LogP contribution in [0.3, 0.4) is 0 Å². The van der Waals surface area contributed by atoms with Crippen molar-refractivity contribution in [2.45, 2.75) is 25.3 Å². The molecular weight excluding hydrogens is 430 g/mol. The monoisotopic (exact) mass is 453 g/mol. The molecule has 3 aromatic rings. The molecule has 2 aromatic carbocycles. The lowest BCUT2D eigenvalue weighted by Crippen LogP contribution is -2.42. The predicted molar refractivity (Wildman–Crippen MR) is 120 cm³/mol. The highest BCUT2D eigenvalue weighted by Crippen LogP contribution is 2.31. The van der Waals surface area contributed by atoms with E-state index in [2.05, 4.69) is 15.0 Å².